The van der Waals surface area contributed by atoms with Crippen molar-refractivity contribution in [2.75, 3.05) is 19.7 Å². The summed E-state index contributed by atoms with van der Waals surface area (Å²) in [6.45, 7) is 6.27. The van der Waals surface area contributed by atoms with Crippen LogP contribution in [0.5, 0.6) is 0 Å². The summed E-state index contributed by atoms with van der Waals surface area (Å²) in [5, 5.41) is 15.5. The van der Waals surface area contributed by atoms with Crippen molar-refractivity contribution >= 4 is 57.1 Å². The number of nitrogens with zero attached hydrogens (tertiary/aromatic N) is 2. The first-order valence-electron chi connectivity index (χ1n) is 25.7. The van der Waals surface area contributed by atoms with Gasteiger partial charge in [0.2, 0.25) is 21.8 Å². The highest BCUT2D eigenvalue weighted by Gasteiger charge is 2.46. The smallest absolute Gasteiger partial charge is 0.407 e. The second-order valence-electron chi connectivity index (χ2n) is 19.6. The second kappa shape index (κ2) is 27.9. The van der Waals surface area contributed by atoms with E-state index in [1.165, 1.54) is 24.0 Å². The summed E-state index contributed by atoms with van der Waals surface area (Å²) in [6, 6.07) is 28.7. The van der Waals surface area contributed by atoms with E-state index in [1.54, 1.807) is 55.5 Å². The number of hydrogen-bond donors (Lipinski definition) is 6. The van der Waals surface area contributed by atoms with Gasteiger partial charge >= 0.3 is 12.1 Å². The average Bonchev–Trinajstić information content (AvgIpc) is 3.84. The summed E-state index contributed by atoms with van der Waals surface area (Å²) in [5.41, 5.74) is 4.19. The number of nitrogens with one attached hydrogen (secondary N) is 6. The van der Waals surface area contributed by atoms with Crippen molar-refractivity contribution in [3.8, 4) is 0 Å². The number of rotatable bonds is 24. The summed E-state index contributed by atoms with van der Waals surface area (Å²) < 4.78 is 35.6. The van der Waals surface area contributed by atoms with Crippen LogP contribution in [0, 0.1) is 11.8 Å². The first-order chi connectivity index (χ1) is 36.0. The highest BCUT2D eigenvalue weighted by atomic mass is 32.2. The summed E-state index contributed by atoms with van der Waals surface area (Å²) in [5.74, 6) is -4.06. The minimum Gasteiger partial charge on any atom is -0.449 e. The number of hydrazone groups is 1. The number of carbonyl (C=O) groups excluding carboxylic acids is 7. The predicted molar refractivity (Wildman–Crippen MR) is 284 cm³/mol. The van der Waals surface area contributed by atoms with E-state index in [0.717, 1.165) is 30.4 Å². The number of Topliss-reactive ketones (excluding diaryl/α,β-unsaturated/α-hetero) is 2. The van der Waals surface area contributed by atoms with Gasteiger partial charge in [-0.25, -0.2) is 28.2 Å². The maximum atomic E-state index is 15.0. The normalized spacial score (nSPS) is 17.3. The zero-order chi connectivity index (χ0) is 53.9. The highest BCUT2D eigenvalue weighted by molar-refractivity contribution is 7.89. The Labute approximate surface area is 439 Å². The summed E-state index contributed by atoms with van der Waals surface area (Å²) >= 11 is 0. The molecular formula is C56H70N8O10S. The number of urea groups is 1. The molecule has 400 valence electrons. The lowest BCUT2D eigenvalue weighted by Crippen LogP contribution is -2.58. The molecule has 18 nitrogen and oxygen atoms in total. The van der Waals surface area contributed by atoms with Gasteiger partial charge in [-0.3, -0.25) is 24.0 Å². The number of ketones is 2. The van der Waals surface area contributed by atoms with Crippen LogP contribution in [0.2, 0.25) is 0 Å². The Balaban J connectivity index is 1.31. The summed E-state index contributed by atoms with van der Waals surface area (Å²) in [7, 11) is -4.15. The number of likely N-dealkylation sites (tertiary alicyclic amines) is 1. The van der Waals surface area contributed by atoms with Gasteiger partial charge in [0, 0.05) is 24.9 Å². The van der Waals surface area contributed by atoms with Gasteiger partial charge in [-0.2, -0.15) is 5.10 Å². The van der Waals surface area contributed by atoms with Gasteiger partial charge in [-0.15, -0.1) is 0 Å². The van der Waals surface area contributed by atoms with E-state index >= 15 is 0 Å². The quantitative estimate of drug-likeness (QED) is 0.0331. The molecule has 1 saturated heterocycles. The van der Waals surface area contributed by atoms with Crippen molar-refractivity contribution in [3.63, 3.8) is 0 Å². The minimum absolute atomic E-state index is 0.0144. The molecule has 1 aliphatic heterocycles. The van der Waals surface area contributed by atoms with Gasteiger partial charge < -0.3 is 30.9 Å². The molecule has 0 radical (unpaired) electrons. The monoisotopic (exact) mass is 1050 g/mol. The van der Waals surface area contributed by atoms with Crippen LogP contribution in [-0.2, 0) is 38.7 Å². The number of amides is 6. The van der Waals surface area contributed by atoms with Crippen molar-refractivity contribution in [2.24, 2.45) is 16.9 Å². The first-order valence-corrected chi connectivity index (χ1v) is 27.2. The van der Waals surface area contributed by atoms with Crippen LogP contribution in [0.4, 0.5) is 9.59 Å². The van der Waals surface area contributed by atoms with Gasteiger partial charge in [0.1, 0.15) is 23.6 Å². The molecule has 2 fully saturated rings. The molecule has 6 N–H and O–H groups in total. The van der Waals surface area contributed by atoms with Crippen LogP contribution in [0.3, 0.4) is 0 Å². The fraction of sp³-hybridized carbons (Fsp3) is 0.429. The molecule has 5 atom stereocenters. The Hall–Kier alpha value is -7.25. The molecule has 6 rings (SSSR count). The van der Waals surface area contributed by atoms with E-state index in [1.807, 2.05) is 74.5 Å². The van der Waals surface area contributed by atoms with Gasteiger partial charge in [-0.1, -0.05) is 156 Å². The van der Waals surface area contributed by atoms with Gasteiger partial charge in [0.05, 0.1) is 30.1 Å². The number of alkyl carbamates (subject to hydrolysis) is 1. The highest BCUT2D eigenvalue weighted by Crippen LogP contribution is 2.31. The molecule has 1 saturated carbocycles. The fourth-order valence-corrected chi connectivity index (χ4v) is 10.8. The zero-order valence-corrected chi connectivity index (χ0v) is 43.9. The topological polar surface area (TPSA) is 251 Å². The lowest BCUT2D eigenvalue weighted by Gasteiger charge is -2.34. The first kappa shape index (κ1) is 57.0. The number of carbonyl (C=O) groups is 7. The average molecular weight is 1050 g/mol. The van der Waals surface area contributed by atoms with Crippen LogP contribution in [0.15, 0.2) is 131 Å². The van der Waals surface area contributed by atoms with Crippen molar-refractivity contribution in [1.82, 2.24) is 36.3 Å². The third-order valence-corrected chi connectivity index (χ3v) is 14.9. The lowest BCUT2D eigenvalue weighted by molar-refractivity contribution is -0.141. The molecule has 0 spiro atoms. The van der Waals surface area contributed by atoms with Crippen molar-refractivity contribution in [3.05, 3.63) is 138 Å². The molecule has 6 amide bonds. The molecule has 4 aromatic carbocycles. The Bertz CT molecular complexity index is 2670. The van der Waals surface area contributed by atoms with E-state index in [0.29, 0.717) is 24.8 Å². The number of benzene rings is 4. The maximum absolute atomic E-state index is 15.0. The predicted octanol–water partition coefficient (Wildman–Crippen LogP) is 6.44. The van der Waals surface area contributed by atoms with Gasteiger partial charge in [0.15, 0.2) is 5.78 Å². The third-order valence-electron chi connectivity index (χ3n) is 13.3. The summed E-state index contributed by atoms with van der Waals surface area (Å²) in [6.07, 6.45) is 3.04. The molecule has 0 bridgehead atoms. The van der Waals surface area contributed by atoms with Gasteiger partial charge in [0.25, 0.3) is 5.91 Å². The van der Waals surface area contributed by atoms with Crippen LogP contribution >= 0.6 is 0 Å². The van der Waals surface area contributed by atoms with E-state index < -0.39 is 88.3 Å². The third kappa shape index (κ3) is 16.6. The SMILES string of the molecule is CCC[C@H](NC(=O)C1C[C@@H](NS(=O)(=O)c2ccccc2)CN1C(=O)[C@@H](NC(=O)OCC(C)C)C1CCCCC1)C(=NNC(=O)NC(c1ccccc1)c1ccccc1)C(=O)NCC(=O)C[C@H](C(C)=O)c1ccccc1. The molecule has 1 heterocycles. The maximum Gasteiger partial charge on any atom is 0.407 e. The van der Waals surface area contributed by atoms with E-state index in [9.17, 15) is 42.0 Å². The second-order valence-corrected chi connectivity index (χ2v) is 21.3. The number of ether oxygens (including phenoxy) is 1. The van der Waals surface area contributed by atoms with E-state index in [4.69, 9.17) is 4.74 Å². The largest absolute Gasteiger partial charge is 0.449 e. The molecule has 1 aliphatic carbocycles. The Morgan fingerprint density at radius 3 is 1.88 bits per heavy atom. The molecule has 75 heavy (non-hydrogen) atoms. The van der Waals surface area contributed by atoms with E-state index in [-0.39, 0.29) is 60.6 Å². The van der Waals surface area contributed by atoms with Gasteiger partial charge in [-0.05, 0) is 73.3 Å². The standard InChI is InChI=1S/C56H70N8O10S/c1-5-21-47(58-52(67)48-32-43(63-75(72,73)45-30-19-10-20-31-45)35-64(48)54(69)50(42-28-17-9-18-29-42)60-56(71)74-36-37(2)3)51(53(68)57-34-44(66)33-46(38(4)65)39-22-11-6-12-23-39)61-62-55(70)59-49(40-24-13-7-14-25-40)41-26-15-8-16-27-41/h6-8,10-16,19-20,22-27,30-31,37,42-43,46-50,63H,5,9,17-18,21,28-29,32-36H2,1-4H3,(H,57,68)(H,58,67)(H,60,71)(H2,59,62,70)/t43-,46-,47+,48?,50+/m1/s1. The molecule has 4 aromatic rings. The molecule has 1 unspecified atom stereocenters. The van der Waals surface area contributed by atoms with Crippen molar-refractivity contribution < 1.29 is 46.7 Å². The Morgan fingerprint density at radius 1 is 0.747 bits per heavy atom. The minimum atomic E-state index is -4.15. The molecule has 19 heteroatoms. The fourth-order valence-electron chi connectivity index (χ4n) is 9.54. The molecular weight excluding hydrogens is 977 g/mol. The van der Waals surface area contributed by atoms with Crippen LogP contribution in [0.25, 0.3) is 0 Å². The zero-order valence-electron chi connectivity index (χ0n) is 43.0. The lowest BCUT2D eigenvalue weighted by atomic mass is 9.83. The van der Waals surface area contributed by atoms with Crippen LogP contribution in [-0.4, -0.2) is 104 Å². The van der Waals surface area contributed by atoms with Crippen molar-refractivity contribution in [2.45, 2.75) is 127 Å². The van der Waals surface area contributed by atoms with Crippen LogP contribution < -0.4 is 31.4 Å². The number of hydrogen-bond acceptors (Lipinski definition) is 11. The van der Waals surface area contributed by atoms with Crippen molar-refractivity contribution in [1.29, 1.82) is 0 Å². The molecule has 0 aromatic heterocycles. The number of sulfonamides is 1. The summed E-state index contributed by atoms with van der Waals surface area (Å²) in [4.78, 5) is 99.0. The molecule has 2 aliphatic rings. The van der Waals surface area contributed by atoms with Crippen LogP contribution in [0.1, 0.15) is 114 Å². The Kier molecular flexibility index (Phi) is 21.2. The van der Waals surface area contributed by atoms with E-state index in [2.05, 4.69) is 36.5 Å². The Morgan fingerprint density at radius 2 is 1.32 bits per heavy atom.